The second-order valence-electron chi connectivity index (χ2n) is 7.31. The van der Waals surface area contributed by atoms with Crippen molar-refractivity contribution in [1.29, 1.82) is 0 Å². The molecule has 2 aromatic carbocycles. The summed E-state index contributed by atoms with van der Waals surface area (Å²) in [6.45, 7) is 3.67. The Balaban J connectivity index is 1.62. The van der Waals surface area contributed by atoms with Crippen molar-refractivity contribution in [2.45, 2.75) is 39.2 Å². The van der Waals surface area contributed by atoms with Crippen LogP contribution in [0.3, 0.4) is 0 Å². The van der Waals surface area contributed by atoms with Gasteiger partial charge in [-0.3, -0.25) is 4.79 Å². The van der Waals surface area contributed by atoms with Crippen molar-refractivity contribution in [2.24, 2.45) is 0 Å². The number of nitrogens with one attached hydrogen (secondary N) is 1. The average molecular weight is 378 g/mol. The van der Waals surface area contributed by atoms with E-state index in [2.05, 4.69) is 10.4 Å². The number of halogens is 1. The Morgan fingerprint density at radius 2 is 1.96 bits per heavy atom. The number of rotatable bonds is 3. The van der Waals surface area contributed by atoms with Gasteiger partial charge in [0.05, 0.1) is 28.7 Å². The minimum Gasteiger partial charge on any atom is -0.399 e. The maximum absolute atomic E-state index is 13.2. The number of amides is 1. The summed E-state index contributed by atoms with van der Waals surface area (Å²) in [7, 11) is 0. The van der Waals surface area contributed by atoms with Gasteiger partial charge in [-0.15, -0.1) is 0 Å². The summed E-state index contributed by atoms with van der Waals surface area (Å²) in [5.74, 6) is -0.446. The molecule has 0 bridgehead atoms. The number of hydrogen-bond acceptors (Lipinski definition) is 3. The monoisotopic (exact) mass is 378 g/mol. The summed E-state index contributed by atoms with van der Waals surface area (Å²) in [6.07, 6.45) is 2.88. The highest BCUT2D eigenvalue weighted by Crippen LogP contribution is 2.31. The molecule has 1 aliphatic rings. The molecule has 28 heavy (non-hydrogen) atoms. The molecule has 3 N–H and O–H groups in total. The lowest BCUT2D eigenvalue weighted by atomic mass is 9.87. The average Bonchev–Trinajstić information content (AvgIpc) is 2.96. The van der Waals surface area contributed by atoms with Crippen molar-refractivity contribution in [3.8, 4) is 5.69 Å². The number of nitrogen functional groups attached to an aromatic ring is 1. The lowest BCUT2D eigenvalue weighted by Gasteiger charge is -2.26. The normalized spacial score (nSPS) is 15.9. The zero-order valence-electron chi connectivity index (χ0n) is 16.0. The minimum absolute atomic E-state index is 0.0372. The Kier molecular flexibility index (Phi) is 4.63. The number of nitrogens with zero attached hydrogens (tertiary/aromatic N) is 2. The number of aromatic nitrogens is 2. The Labute approximate surface area is 163 Å². The third-order valence-electron chi connectivity index (χ3n) is 5.38. The van der Waals surface area contributed by atoms with E-state index in [1.54, 1.807) is 16.8 Å². The van der Waals surface area contributed by atoms with Crippen LogP contribution in [0.4, 0.5) is 10.1 Å². The van der Waals surface area contributed by atoms with Crippen molar-refractivity contribution in [1.82, 2.24) is 15.1 Å². The molecule has 0 fully saturated rings. The van der Waals surface area contributed by atoms with Gasteiger partial charge in [-0.05, 0) is 80.6 Å². The molecule has 0 saturated carbocycles. The lowest BCUT2D eigenvalue weighted by Crippen LogP contribution is -2.31. The standard InChI is InChI=1S/C22H23FN4O/c1-13-21(14(2)27(26-13)18-9-6-16(23)7-10-18)22(28)25-20-5-3-4-15-12-17(24)8-11-19(15)20/h6-12,20H,3-5,24H2,1-2H3,(H,25,28). The fraction of sp³-hybridized carbons (Fsp3) is 0.273. The number of benzene rings is 2. The van der Waals surface area contributed by atoms with Crippen molar-refractivity contribution in [3.63, 3.8) is 0 Å². The predicted octanol–water partition coefficient (Wildman–Crippen LogP) is 4.02. The minimum atomic E-state index is -0.306. The number of aryl methyl sites for hydroxylation is 2. The third-order valence-corrected chi connectivity index (χ3v) is 5.38. The summed E-state index contributed by atoms with van der Waals surface area (Å²) < 4.78 is 14.9. The predicted molar refractivity (Wildman–Crippen MR) is 107 cm³/mol. The highest BCUT2D eigenvalue weighted by atomic mass is 19.1. The molecule has 144 valence electrons. The van der Waals surface area contributed by atoms with E-state index in [1.807, 2.05) is 32.0 Å². The topological polar surface area (TPSA) is 72.9 Å². The molecule has 3 aromatic rings. The maximum atomic E-state index is 13.2. The number of nitrogens with two attached hydrogens (primary N) is 1. The van der Waals surface area contributed by atoms with E-state index in [4.69, 9.17) is 5.73 Å². The Bertz CT molecular complexity index is 1040. The van der Waals surface area contributed by atoms with E-state index < -0.39 is 0 Å². The van der Waals surface area contributed by atoms with Crippen LogP contribution in [0.15, 0.2) is 42.5 Å². The van der Waals surface area contributed by atoms with Crippen molar-refractivity contribution >= 4 is 11.6 Å². The van der Waals surface area contributed by atoms with Crippen LogP contribution >= 0.6 is 0 Å². The van der Waals surface area contributed by atoms with Crippen LogP contribution in [-0.2, 0) is 6.42 Å². The van der Waals surface area contributed by atoms with Gasteiger partial charge >= 0.3 is 0 Å². The molecule has 6 heteroatoms. The summed E-state index contributed by atoms with van der Waals surface area (Å²) in [5, 5.41) is 7.67. The van der Waals surface area contributed by atoms with Crippen LogP contribution < -0.4 is 11.1 Å². The highest BCUT2D eigenvalue weighted by molar-refractivity contribution is 5.96. The number of carbonyl (C=O) groups is 1. The van der Waals surface area contributed by atoms with E-state index in [9.17, 15) is 9.18 Å². The maximum Gasteiger partial charge on any atom is 0.255 e. The third kappa shape index (κ3) is 3.26. The Morgan fingerprint density at radius 3 is 2.71 bits per heavy atom. The number of hydrogen-bond donors (Lipinski definition) is 2. The van der Waals surface area contributed by atoms with E-state index in [1.165, 1.54) is 17.7 Å². The van der Waals surface area contributed by atoms with Gasteiger partial charge in [0.15, 0.2) is 0 Å². The van der Waals surface area contributed by atoms with Crippen LogP contribution in [0.25, 0.3) is 5.69 Å². The summed E-state index contributed by atoms with van der Waals surface area (Å²) >= 11 is 0. The van der Waals surface area contributed by atoms with E-state index in [0.29, 0.717) is 11.3 Å². The molecule has 1 unspecified atom stereocenters. The molecule has 0 radical (unpaired) electrons. The van der Waals surface area contributed by atoms with Crippen LogP contribution in [0, 0.1) is 19.7 Å². The van der Waals surface area contributed by atoms with Crippen LogP contribution in [-0.4, -0.2) is 15.7 Å². The second kappa shape index (κ2) is 7.11. The Morgan fingerprint density at radius 1 is 1.21 bits per heavy atom. The molecule has 0 aliphatic heterocycles. The smallest absolute Gasteiger partial charge is 0.255 e. The first-order chi connectivity index (χ1) is 13.4. The molecule has 1 aromatic heterocycles. The van der Waals surface area contributed by atoms with Crippen LogP contribution in [0.1, 0.15) is 51.8 Å². The summed E-state index contributed by atoms with van der Waals surface area (Å²) in [6, 6.07) is 11.9. The second-order valence-corrected chi connectivity index (χ2v) is 7.31. The molecule has 5 nitrogen and oxygen atoms in total. The first-order valence-corrected chi connectivity index (χ1v) is 9.45. The molecule has 0 spiro atoms. The molecule has 1 amide bonds. The van der Waals surface area contributed by atoms with Gasteiger partial charge in [-0.25, -0.2) is 9.07 Å². The first kappa shape index (κ1) is 18.2. The van der Waals surface area contributed by atoms with Crippen LogP contribution in [0.5, 0.6) is 0 Å². The summed E-state index contributed by atoms with van der Waals surface area (Å²) in [5.41, 5.74) is 11.6. The number of fused-ring (bicyclic) bond motifs is 1. The molecular weight excluding hydrogens is 355 g/mol. The van der Waals surface area contributed by atoms with Gasteiger partial charge in [0.25, 0.3) is 5.91 Å². The molecule has 1 atom stereocenters. The number of anilines is 1. The highest BCUT2D eigenvalue weighted by Gasteiger charge is 2.25. The first-order valence-electron chi connectivity index (χ1n) is 9.45. The van der Waals surface area contributed by atoms with E-state index in [0.717, 1.165) is 41.9 Å². The van der Waals surface area contributed by atoms with Gasteiger partial charge in [-0.1, -0.05) is 6.07 Å². The fourth-order valence-electron chi connectivity index (χ4n) is 4.02. The zero-order chi connectivity index (χ0) is 19.8. The number of carbonyl (C=O) groups excluding carboxylic acids is 1. The fourth-order valence-corrected chi connectivity index (χ4v) is 4.02. The largest absolute Gasteiger partial charge is 0.399 e. The van der Waals surface area contributed by atoms with E-state index >= 15 is 0 Å². The van der Waals surface area contributed by atoms with Gasteiger partial charge in [0.2, 0.25) is 0 Å². The molecular formula is C22H23FN4O. The SMILES string of the molecule is Cc1nn(-c2ccc(F)cc2)c(C)c1C(=O)NC1CCCc2cc(N)ccc21. The Hall–Kier alpha value is -3.15. The van der Waals surface area contributed by atoms with Crippen LogP contribution in [0.2, 0.25) is 0 Å². The summed E-state index contributed by atoms with van der Waals surface area (Å²) in [4.78, 5) is 13.1. The molecule has 1 aliphatic carbocycles. The quantitative estimate of drug-likeness (QED) is 0.676. The molecule has 4 rings (SSSR count). The van der Waals surface area contributed by atoms with Gasteiger partial charge in [0.1, 0.15) is 5.82 Å². The van der Waals surface area contributed by atoms with Crippen molar-refractivity contribution in [2.75, 3.05) is 5.73 Å². The van der Waals surface area contributed by atoms with Gasteiger partial charge in [0, 0.05) is 5.69 Å². The molecule has 0 saturated heterocycles. The van der Waals surface area contributed by atoms with Gasteiger partial charge in [-0.2, -0.15) is 5.10 Å². The zero-order valence-corrected chi connectivity index (χ0v) is 16.0. The molecule has 1 heterocycles. The van der Waals surface area contributed by atoms with Crippen molar-refractivity contribution < 1.29 is 9.18 Å². The lowest BCUT2D eigenvalue weighted by molar-refractivity contribution is 0.0931. The van der Waals surface area contributed by atoms with Crippen molar-refractivity contribution in [3.05, 3.63) is 76.4 Å². The van der Waals surface area contributed by atoms with E-state index in [-0.39, 0.29) is 17.8 Å². The van der Waals surface area contributed by atoms with Gasteiger partial charge < -0.3 is 11.1 Å².